The molecule has 0 atom stereocenters. The number of carbonyl (C=O) groups excluding carboxylic acids is 4. The molecule has 66 heavy (non-hydrogen) atoms. The van der Waals surface area contributed by atoms with Crippen molar-refractivity contribution in [3.63, 3.8) is 0 Å². The molecule has 338 valence electrons. The average molecular weight is 951 g/mol. The van der Waals surface area contributed by atoms with Gasteiger partial charge >= 0.3 is 0 Å². The number of benzene rings is 4. The molecule has 2 fully saturated rings. The minimum Gasteiger partial charge on any atom is -0.350 e. The fraction of sp³-hybridized carbons (Fsp3) is 0.320. The summed E-state index contributed by atoms with van der Waals surface area (Å²) in [7, 11) is 0. The summed E-state index contributed by atoms with van der Waals surface area (Å²) in [5.41, 5.74) is 3.34. The number of aromatic nitrogens is 7. The van der Waals surface area contributed by atoms with Gasteiger partial charge in [0.2, 0.25) is 0 Å². The third-order valence-electron chi connectivity index (χ3n) is 12.4. The van der Waals surface area contributed by atoms with Crippen molar-refractivity contribution in [2.45, 2.75) is 77.7 Å². The van der Waals surface area contributed by atoms with E-state index in [2.05, 4.69) is 67.4 Å². The summed E-state index contributed by atoms with van der Waals surface area (Å²) >= 11 is 3.63. The average Bonchev–Trinajstić information content (AvgIpc) is 3.87. The molecule has 7 aromatic rings. The Morgan fingerprint density at radius 1 is 0.591 bits per heavy atom. The van der Waals surface area contributed by atoms with Gasteiger partial charge in [0.1, 0.15) is 0 Å². The van der Waals surface area contributed by atoms with Crippen LogP contribution in [0.15, 0.2) is 108 Å². The van der Waals surface area contributed by atoms with Crippen LogP contribution in [-0.4, -0.2) is 71.6 Å². The quantitative estimate of drug-likeness (QED) is 0.0916. The van der Waals surface area contributed by atoms with E-state index in [0.29, 0.717) is 42.6 Å². The lowest BCUT2D eigenvalue weighted by molar-refractivity contribution is 0.0930. The van der Waals surface area contributed by atoms with Crippen molar-refractivity contribution in [3.8, 4) is 0 Å². The molecule has 2 aliphatic rings. The molecule has 2 aliphatic carbocycles. The standard InChI is InChI=1S/C26H26BrN7O2.C24H26N4O2/c27-21-8-4-7-19-20(10-9-18(22(19)21)16-34-14-13-31-33-34)25(35)32-24-23(28-11-12-29-24)26(36)30-15-17-5-2-1-3-6-17;1-16-11-12-20(19-10-6-5-9-18(16)19)23(29)28-22-21(25-13-14-26-22)24(30)27-15-17-7-3-2-4-8-17/h4,7-14,17H,1-3,5-6,15-16H2,(H,30,36)(H,29,32,35);5-6,9-14,17H,2-4,7-8,15H2,1H3,(H,27,30)(H,26,28,29). The predicted molar refractivity (Wildman–Crippen MR) is 257 cm³/mol. The van der Waals surface area contributed by atoms with E-state index in [1.807, 2.05) is 61.5 Å². The maximum Gasteiger partial charge on any atom is 0.273 e. The van der Waals surface area contributed by atoms with Crippen LogP contribution in [0.5, 0.6) is 0 Å². The van der Waals surface area contributed by atoms with Crippen LogP contribution in [-0.2, 0) is 6.54 Å². The van der Waals surface area contributed by atoms with E-state index in [1.54, 1.807) is 29.2 Å². The molecule has 0 unspecified atom stereocenters. The van der Waals surface area contributed by atoms with Crippen molar-refractivity contribution >= 4 is 72.7 Å². The molecule has 9 rings (SSSR count). The van der Waals surface area contributed by atoms with Crippen molar-refractivity contribution in [1.29, 1.82) is 0 Å². The van der Waals surface area contributed by atoms with E-state index in [4.69, 9.17) is 0 Å². The molecule has 0 bridgehead atoms. The van der Waals surface area contributed by atoms with Gasteiger partial charge < -0.3 is 21.3 Å². The highest BCUT2D eigenvalue weighted by Crippen LogP contribution is 2.32. The number of carbonyl (C=O) groups is 4. The third kappa shape index (κ3) is 11.1. The van der Waals surface area contributed by atoms with Gasteiger partial charge in [-0.2, -0.15) is 0 Å². The molecule has 3 heterocycles. The van der Waals surface area contributed by atoms with E-state index in [-0.39, 0.29) is 46.7 Å². The molecule has 0 spiro atoms. The Morgan fingerprint density at radius 2 is 1.12 bits per heavy atom. The first kappa shape index (κ1) is 45.6. The summed E-state index contributed by atoms with van der Waals surface area (Å²) in [5, 5.41) is 23.0. The van der Waals surface area contributed by atoms with Gasteiger partial charge in [0, 0.05) is 65.1 Å². The van der Waals surface area contributed by atoms with Gasteiger partial charge in [0.25, 0.3) is 23.6 Å². The van der Waals surface area contributed by atoms with Crippen LogP contribution < -0.4 is 21.3 Å². The van der Waals surface area contributed by atoms with Gasteiger partial charge in [0.15, 0.2) is 23.0 Å². The van der Waals surface area contributed by atoms with Gasteiger partial charge in [-0.3, -0.25) is 19.2 Å². The molecule has 0 radical (unpaired) electrons. The first-order valence-corrected chi connectivity index (χ1v) is 23.4. The Bertz CT molecular complexity index is 2840. The van der Waals surface area contributed by atoms with E-state index in [9.17, 15) is 19.2 Å². The summed E-state index contributed by atoms with van der Waals surface area (Å²) in [6.45, 7) is 3.76. The SMILES string of the molecule is Cc1ccc(C(=O)Nc2nccnc2C(=O)NCC2CCCCC2)c2ccccc12.O=C(NCC1CCCCC1)c1nccnc1NC(=O)c1ccc(Cn2ccnn2)c2c(Br)cccc12. The van der Waals surface area contributed by atoms with Crippen LogP contribution in [0, 0.1) is 18.8 Å². The molecule has 4 N–H and O–H groups in total. The van der Waals surface area contributed by atoms with Crippen LogP contribution >= 0.6 is 15.9 Å². The number of fused-ring (bicyclic) bond motifs is 2. The minimum absolute atomic E-state index is 0.106. The lowest BCUT2D eigenvalue weighted by atomic mass is 9.89. The molecule has 2 saturated carbocycles. The molecular weight excluding hydrogens is 899 g/mol. The highest BCUT2D eigenvalue weighted by atomic mass is 79.9. The van der Waals surface area contributed by atoms with Crippen LogP contribution in [0.2, 0.25) is 0 Å². The number of nitrogens with zero attached hydrogens (tertiary/aromatic N) is 7. The number of aryl methyl sites for hydroxylation is 1. The number of hydrogen-bond acceptors (Lipinski definition) is 10. The van der Waals surface area contributed by atoms with Crippen molar-refractivity contribution in [2.75, 3.05) is 23.7 Å². The predicted octanol–water partition coefficient (Wildman–Crippen LogP) is 9.10. The van der Waals surface area contributed by atoms with Crippen molar-refractivity contribution < 1.29 is 19.2 Å². The zero-order valence-corrected chi connectivity index (χ0v) is 38.4. The second-order valence-electron chi connectivity index (χ2n) is 16.9. The van der Waals surface area contributed by atoms with Gasteiger partial charge in [-0.1, -0.05) is 108 Å². The summed E-state index contributed by atoms with van der Waals surface area (Å²) in [6, 6.07) is 20.9. The Kier molecular flexibility index (Phi) is 15.1. The smallest absolute Gasteiger partial charge is 0.273 e. The third-order valence-corrected chi connectivity index (χ3v) is 13.0. The zero-order chi connectivity index (χ0) is 45.8. The molecule has 4 amide bonds. The monoisotopic (exact) mass is 949 g/mol. The number of nitrogens with one attached hydrogen (secondary N) is 4. The van der Waals surface area contributed by atoms with Gasteiger partial charge in [0.05, 0.1) is 12.7 Å². The van der Waals surface area contributed by atoms with E-state index >= 15 is 0 Å². The lowest BCUT2D eigenvalue weighted by Gasteiger charge is -2.21. The van der Waals surface area contributed by atoms with Crippen LogP contribution in [0.4, 0.5) is 11.6 Å². The molecule has 0 aliphatic heterocycles. The normalized spacial score (nSPS) is 14.2. The first-order chi connectivity index (χ1) is 32.2. The maximum atomic E-state index is 13.4. The fourth-order valence-corrected chi connectivity index (χ4v) is 9.49. The van der Waals surface area contributed by atoms with E-state index < -0.39 is 0 Å². The van der Waals surface area contributed by atoms with Gasteiger partial charge in [-0.05, 0) is 89.9 Å². The lowest BCUT2D eigenvalue weighted by Crippen LogP contribution is -2.32. The number of rotatable bonds is 12. The Hall–Kier alpha value is -6.94. The van der Waals surface area contributed by atoms with E-state index in [0.717, 1.165) is 62.8 Å². The molecule has 15 nitrogen and oxygen atoms in total. The Balaban J connectivity index is 0.000000182. The van der Waals surface area contributed by atoms with Crippen molar-refractivity contribution in [3.05, 3.63) is 142 Å². The number of halogens is 1. The highest BCUT2D eigenvalue weighted by molar-refractivity contribution is 9.10. The summed E-state index contributed by atoms with van der Waals surface area (Å²) in [4.78, 5) is 68.8. The largest absolute Gasteiger partial charge is 0.350 e. The highest BCUT2D eigenvalue weighted by Gasteiger charge is 2.23. The van der Waals surface area contributed by atoms with Crippen molar-refractivity contribution in [1.82, 2.24) is 45.6 Å². The number of anilines is 2. The van der Waals surface area contributed by atoms with Crippen molar-refractivity contribution in [2.24, 2.45) is 11.8 Å². The molecule has 4 aromatic carbocycles. The Morgan fingerprint density at radius 3 is 1.70 bits per heavy atom. The number of amides is 4. The first-order valence-electron chi connectivity index (χ1n) is 22.6. The molecule has 16 heteroatoms. The summed E-state index contributed by atoms with van der Waals surface area (Å²) in [6.07, 6.45) is 21.2. The van der Waals surface area contributed by atoms with Gasteiger partial charge in [-0.15, -0.1) is 5.10 Å². The van der Waals surface area contributed by atoms with Crippen LogP contribution in [0.25, 0.3) is 21.5 Å². The Labute approximate surface area is 391 Å². The number of hydrogen-bond donors (Lipinski definition) is 4. The maximum absolute atomic E-state index is 13.4. The zero-order valence-electron chi connectivity index (χ0n) is 36.8. The summed E-state index contributed by atoms with van der Waals surface area (Å²) < 4.78 is 2.60. The molecule has 3 aromatic heterocycles. The van der Waals surface area contributed by atoms with Crippen LogP contribution in [0.1, 0.15) is 117 Å². The topological polar surface area (TPSA) is 199 Å². The van der Waals surface area contributed by atoms with Crippen LogP contribution in [0.3, 0.4) is 0 Å². The van der Waals surface area contributed by atoms with E-state index in [1.165, 1.54) is 63.3 Å². The molecule has 0 saturated heterocycles. The second-order valence-corrected chi connectivity index (χ2v) is 17.7. The van der Waals surface area contributed by atoms with Gasteiger partial charge in [-0.25, -0.2) is 24.6 Å². The second kappa shape index (κ2) is 21.8. The minimum atomic E-state index is -0.368. The molecular formula is C50H52BrN11O4. The fourth-order valence-electron chi connectivity index (χ4n) is 8.87. The summed E-state index contributed by atoms with van der Waals surface area (Å²) in [5.74, 6) is -0.0147.